The van der Waals surface area contributed by atoms with Crippen LogP contribution in [0.3, 0.4) is 0 Å². The minimum atomic E-state index is -2.92. The average Bonchev–Trinajstić information content (AvgIpc) is 2.64. The highest BCUT2D eigenvalue weighted by Crippen LogP contribution is 2.32. The number of para-hydroxylation sites is 1. The number of hydrogen-bond acceptors (Lipinski definition) is 4. The van der Waals surface area contributed by atoms with Crippen LogP contribution in [0.2, 0.25) is 0 Å². The van der Waals surface area contributed by atoms with E-state index in [-0.39, 0.29) is 36.3 Å². The molecule has 2 N–H and O–H groups in total. The van der Waals surface area contributed by atoms with E-state index in [9.17, 15) is 8.78 Å². The quantitative estimate of drug-likeness (QED) is 0.253. The number of rotatable bonds is 12. The molecule has 162 valence electrons. The lowest BCUT2D eigenvalue weighted by Gasteiger charge is -2.19. The molecule has 0 bridgehead atoms. The van der Waals surface area contributed by atoms with Gasteiger partial charge in [0.1, 0.15) is 0 Å². The molecule has 1 rings (SSSR count). The lowest BCUT2D eigenvalue weighted by molar-refractivity contribution is -0.0520. The maximum absolute atomic E-state index is 12.8. The van der Waals surface area contributed by atoms with Gasteiger partial charge in [-0.3, -0.25) is 4.99 Å². The summed E-state index contributed by atoms with van der Waals surface area (Å²) in [5, 5.41) is 6.35. The van der Waals surface area contributed by atoms with Crippen LogP contribution in [0.25, 0.3) is 0 Å². The lowest BCUT2D eigenvalue weighted by atomic mass is 10.2. The van der Waals surface area contributed by atoms with E-state index in [0.29, 0.717) is 23.9 Å². The molecule has 0 amide bonds. The molecule has 28 heavy (non-hydrogen) atoms. The monoisotopic (exact) mass is 514 g/mol. The van der Waals surface area contributed by atoms with Crippen molar-refractivity contribution in [1.82, 2.24) is 15.5 Å². The maximum atomic E-state index is 12.8. The fraction of sp³-hybridized carbons (Fsp3) is 0.632. The first-order valence-electron chi connectivity index (χ1n) is 9.34. The van der Waals surface area contributed by atoms with E-state index in [1.807, 2.05) is 0 Å². The molecule has 0 aromatic heterocycles. The predicted molar refractivity (Wildman–Crippen MR) is 120 cm³/mol. The molecule has 0 spiro atoms. The molecule has 1 aromatic rings. The van der Waals surface area contributed by atoms with Crippen molar-refractivity contribution < 1.29 is 18.3 Å². The maximum Gasteiger partial charge on any atom is 0.387 e. The van der Waals surface area contributed by atoms with Gasteiger partial charge in [-0.05, 0) is 33.0 Å². The van der Waals surface area contributed by atoms with Gasteiger partial charge in [0.05, 0.1) is 6.61 Å². The van der Waals surface area contributed by atoms with E-state index >= 15 is 0 Å². The third-order valence-corrected chi connectivity index (χ3v) is 3.92. The Hall–Kier alpha value is -1.36. The molecule has 0 unspecified atom stereocenters. The summed E-state index contributed by atoms with van der Waals surface area (Å²) in [5.74, 6) is 0.956. The first-order chi connectivity index (χ1) is 13.0. The summed E-state index contributed by atoms with van der Waals surface area (Å²) in [6.45, 7) is 4.38. The molecule has 0 aliphatic rings. The number of benzene rings is 1. The fourth-order valence-electron chi connectivity index (χ4n) is 2.50. The molecule has 9 heteroatoms. The Balaban J connectivity index is 0.00000729. The highest BCUT2D eigenvalue weighted by molar-refractivity contribution is 14.0. The molecule has 0 atom stereocenters. The van der Waals surface area contributed by atoms with Crippen LogP contribution in [-0.2, 0) is 6.54 Å². The van der Waals surface area contributed by atoms with Gasteiger partial charge in [0, 0.05) is 32.2 Å². The fourth-order valence-corrected chi connectivity index (χ4v) is 2.50. The van der Waals surface area contributed by atoms with Crippen molar-refractivity contribution in [3.8, 4) is 11.5 Å². The Bertz CT molecular complexity index is 577. The van der Waals surface area contributed by atoms with Gasteiger partial charge in [-0.2, -0.15) is 8.78 Å². The third-order valence-electron chi connectivity index (χ3n) is 3.92. The Labute approximate surface area is 184 Å². The standard InChI is InChI=1S/C19H32F2N4O2.HI/c1-5-7-12-25(4)13-11-23-19(22-3)24-14-15-9-8-10-16(26-6-2)17(15)27-18(20)21;/h8-10,18H,5-7,11-14H2,1-4H3,(H2,22,23,24);1H. The lowest BCUT2D eigenvalue weighted by Crippen LogP contribution is -2.40. The number of hydrogen-bond donors (Lipinski definition) is 2. The van der Waals surface area contributed by atoms with Gasteiger partial charge < -0.3 is 25.0 Å². The minimum absolute atomic E-state index is 0. The third kappa shape index (κ3) is 10.3. The van der Waals surface area contributed by atoms with Crippen molar-refractivity contribution in [2.45, 2.75) is 39.8 Å². The first kappa shape index (κ1) is 26.6. The first-order valence-corrected chi connectivity index (χ1v) is 9.34. The van der Waals surface area contributed by atoms with Gasteiger partial charge in [0.15, 0.2) is 17.5 Å². The topological polar surface area (TPSA) is 58.1 Å². The minimum Gasteiger partial charge on any atom is -0.490 e. The number of alkyl halides is 2. The normalized spacial score (nSPS) is 11.4. The van der Waals surface area contributed by atoms with Crippen LogP contribution in [-0.4, -0.2) is 57.8 Å². The zero-order chi connectivity index (χ0) is 20.1. The SMILES string of the molecule is CCCCN(C)CCNC(=NC)NCc1cccc(OCC)c1OC(F)F.I. The zero-order valence-electron chi connectivity index (χ0n) is 17.1. The molecular weight excluding hydrogens is 481 g/mol. The second-order valence-electron chi connectivity index (χ2n) is 6.07. The number of nitrogens with one attached hydrogen (secondary N) is 2. The summed E-state index contributed by atoms with van der Waals surface area (Å²) in [7, 11) is 3.75. The number of guanidine groups is 1. The van der Waals surface area contributed by atoms with Crippen molar-refractivity contribution >= 4 is 29.9 Å². The van der Waals surface area contributed by atoms with Gasteiger partial charge in [-0.25, -0.2) is 0 Å². The molecule has 0 saturated heterocycles. The Morgan fingerprint density at radius 3 is 2.57 bits per heavy atom. The molecule has 0 radical (unpaired) electrons. The number of likely N-dealkylation sites (N-methyl/N-ethyl adjacent to an activating group) is 1. The van der Waals surface area contributed by atoms with Crippen LogP contribution in [0.1, 0.15) is 32.3 Å². The molecule has 0 saturated carbocycles. The van der Waals surface area contributed by atoms with E-state index in [4.69, 9.17) is 4.74 Å². The number of nitrogens with zero attached hydrogens (tertiary/aromatic N) is 2. The van der Waals surface area contributed by atoms with Gasteiger partial charge in [0.2, 0.25) is 0 Å². The van der Waals surface area contributed by atoms with Crippen LogP contribution >= 0.6 is 24.0 Å². The van der Waals surface area contributed by atoms with Crippen LogP contribution in [0, 0.1) is 0 Å². The summed E-state index contributed by atoms with van der Waals surface area (Å²) >= 11 is 0. The second-order valence-corrected chi connectivity index (χ2v) is 6.07. The van der Waals surface area contributed by atoms with Crippen molar-refractivity contribution in [3.63, 3.8) is 0 Å². The Kier molecular flexibility index (Phi) is 14.8. The number of ether oxygens (including phenoxy) is 2. The highest BCUT2D eigenvalue weighted by atomic mass is 127. The van der Waals surface area contributed by atoms with E-state index in [0.717, 1.165) is 19.6 Å². The second kappa shape index (κ2) is 15.5. The molecule has 0 aliphatic heterocycles. The van der Waals surface area contributed by atoms with Crippen LogP contribution in [0.15, 0.2) is 23.2 Å². The summed E-state index contributed by atoms with van der Waals surface area (Å²) in [4.78, 5) is 6.42. The van der Waals surface area contributed by atoms with E-state index < -0.39 is 6.61 Å². The van der Waals surface area contributed by atoms with Gasteiger partial charge in [0.25, 0.3) is 0 Å². The molecule has 0 heterocycles. The van der Waals surface area contributed by atoms with E-state index in [1.165, 1.54) is 12.8 Å². The van der Waals surface area contributed by atoms with Crippen LogP contribution < -0.4 is 20.1 Å². The smallest absolute Gasteiger partial charge is 0.387 e. The van der Waals surface area contributed by atoms with E-state index in [2.05, 4.69) is 39.2 Å². The molecule has 0 fully saturated rings. The van der Waals surface area contributed by atoms with E-state index in [1.54, 1.807) is 32.2 Å². The molecular formula is C19H33F2IN4O2. The number of unbranched alkanes of at least 4 members (excludes halogenated alkanes) is 1. The molecule has 6 nitrogen and oxygen atoms in total. The summed E-state index contributed by atoms with van der Waals surface area (Å²) in [5.41, 5.74) is 0.573. The molecule has 1 aromatic carbocycles. The van der Waals surface area contributed by atoms with Crippen LogP contribution in [0.5, 0.6) is 11.5 Å². The summed E-state index contributed by atoms with van der Waals surface area (Å²) in [6, 6.07) is 5.09. The highest BCUT2D eigenvalue weighted by Gasteiger charge is 2.16. The van der Waals surface area contributed by atoms with Gasteiger partial charge in [-0.15, -0.1) is 24.0 Å². The Morgan fingerprint density at radius 2 is 1.96 bits per heavy atom. The van der Waals surface area contributed by atoms with Crippen molar-refractivity contribution in [2.24, 2.45) is 4.99 Å². The number of halogens is 3. The van der Waals surface area contributed by atoms with Crippen molar-refractivity contribution in [3.05, 3.63) is 23.8 Å². The van der Waals surface area contributed by atoms with Crippen molar-refractivity contribution in [1.29, 1.82) is 0 Å². The molecule has 0 aliphatic carbocycles. The van der Waals surface area contributed by atoms with Gasteiger partial charge >= 0.3 is 6.61 Å². The van der Waals surface area contributed by atoms with Gasteiger partial charge in [-0.1, -0.05) is 25.5 Å². The number of aliphatic imine (C=N–C) groups is 1. The summed E-state index contributed by atoms with van der Waals surface area (Å²) < 4.78 is 35.6. The van der Waals surface area contributed by atoms with Crippen LogP contribution in [0.4, 0.5) is 8.78 Å². The largest absolute Gasteiger partial charge is 0.490 e. The zero-order valence-corrected chi connectivity index (χ0v) is 19.5. The summed E-state index contributed by atoms with van der Waals surface area (Å²) in [6.07, 6.45) is 2.34. The predicted octanol–water partition coefficient (Wildman–Crippen LogP) is 3.70. The van der Waals surface area contributed by atoms with Crippen molar-refractivity contribution in [2.75, 3.05) is 40.3 Å². The average molecular weight is 514 g/mol. The Morgan fingerprint density at radius 1 is 1.21 bits per heavy atom.